The van der Waals surface area contributed by atoms with Crippen LogP contribution in [-0.4, -0.2) is 32.7 Å². The Labute approximate surface area is 168 Å². The van der Waals surface area contributed by atoms with Crippen LogP contribution in [0.3, 0.4) is 0 Å². The average molecular weight is 404 g/mol. The summed E-state index contributed by atoms with van der Waals surface area (Å²) >= 11 is 1.46. The summed E-state index contributed by atoms with van der Waals surface area (Å²) in [6, 6.07) is 5.15. The van der Waals surface area contributed by atoms with Crippen molar-refractivity contribution in [2.24, 2.45) is 5.92 Å². The Kier molecular flexibility index (Phi) is 6.24. The molecule has 0 saturated carbocycles. The maximum atomic E-state index is 13.1. The lowest BCUT2D eigenvalue weighted by molar-refractivity contribution is 0.0526. The van der Waals surface area contributed by atoms with Gasteiger partial charge in [-0.1, -0.05) is 13.0 Å². The van der Waals surface area contributed by atoms with Crippen LogP contribution in [-0.2, 0) is 17.6 Å². The summed E-state index contributed by atoms with van der Waals surface area (Å²) in [5.74, 6) is 0.594. The molecule has 1 heterocycles. The van der Waals surface area contributed by atoms with Gasteiger partial charge in [0.15, 0.2) is 0 Å². The molecule has 2 aromatic rings. The normalized spacial score (nSPS) is 15.5. The molecule has 0 radical (unpaired) electrons. The van der Waals surface area contributed by atoms with E-state index in [1.807, 2.05) is 0 Å². The Hall–Kier alpha value is -2.54. The van der Waals surface area contributed by atoms with Gasteiger partial charge in [0.1, 0.15) is 22.1 Å². The lowest BCUT2D eigenvalue weighted by Crippen LogP contribution is -2.17. The zero-order valence-corrected chi connectivity index (χ0v) is 17.4. The van der Waals surface area contributed by atoms with Crippen LogP contribution in [0.15, 0.2) is 18.2 Å². The largest absolute Gasteiger partial charge is 0.496 e. The number of thiophene rings is 1. The van der Waals surface area contributed by atoms with Crippen molar-refractivity contribution in [1.29, 1.82) is 0 Å². The van der Waals surface area contributed by atoms with Gasteiger partial charge in [0.2, 0.25) is 0 Å². The fourth-order valence-electron chi connectivity index (χ4n) is 3.50. The molecule has 1 atom stereocenters. The van der Waals surface area contributed by atoms with Gasteiger partial charge in [-0.25, -0.2) is 4.79 Å². The van der Waals surface area contributed by atoms with Gasteiger partial charge in [-0.15, -0.1) is 11.3 Å². The van der Waals surface area contributed by atoms with Crippen molar-refractivity contribution in [2.45, 2.75) is 33.1 Å². The number of carbonyl (C=O) groups is 2. The van der Waals surface area contributed by atoms with Crippen molar-refractivity contribution in [3.05, 3.63) is 39.8 Å². The van der Waals surface area contributed by atoms with E-state index in [0.717, 1.165) is 29.7 Å². The summed E-state index contributed by atoms with van der Waals surface area (Å²) in [7, 11) is 3.00. The molecule has 0 saturated heterocycles. The second kappa shape index (κ2) is 8.65. The fraction of sp³-hybridized carbons (Fsp3) is 0.429. The van der Waals surface area contributed by atoms with Crippen molar-refractivity contribution in [2.75, 3.05) is 26.1 Å². The zero-order chi connectivity index (χ0) is 20.3. The number of carbonyl (C=O) groups excluding carboxylic acids is 2. The van der Waals surface area contributed by atoms with Gasteiger partial charge < -0.3 is 19.5 Å². The number of esters is 1. The second-order valence-corrected chi connectivity index (χ2v) is 7.87. The summed E-state index contributed by atoms with van der Waals surface area (Å²) < 4.78 is 15.9. The molecule has 0 bridgehead atoms. The minimum atomic E-state index is -0.392. The highest BCUT2D eigenvalue weighted by Crippen LogP contribution is 2.41. The van der Waals surface area contributed by atoms with Gasteiger partial charge in [-0.2, -0.15) is 0 Å². The molecule has 1 aromatic heterocycles. The fourth-order valence-corrected chi connectivity index (χ4v) is 4.89. The molecular weight excluding hydrogens is 378 g/mol. The van der Waals surface area contributed by atoms with Crippen molar-refractivity contribution in [3.63, 3.8) is 0 Å². The van der Waals surface area contributed by atoms with Crippen molar-refractivity contribution in [3.8, 4) is 11.5 Å². The summed E-state index contributed by atoms with van der Waals surface area (Å²) in [4.78, 5) is 26.8. The quantitative estimate of drug-likeness (QED) is 0.727. The molecule has 1 amide bonds. The van der Waals surface area contributed by atoms with Gasteiger partial charge in [0, 0.05) is 4.88 Å². The molecule has 7 heteroatoms. The van der Waals surface area contributed by atoms with E-state index in [2.05, 4.69) is 12.2 Å². The van der Waals surface area contributed by atoms with E-state index in [1.54, 1.807) is 25.1 Å². The van der Waals surface area contributed by atoms with Crippen LogP contribution in [0.2, 0.25) is 0 Å². The number of ether oxygens (including phenoxy) is 3. The van der Waals surface area contributed by atoms with Crippen LogP contribution in [0.1, 0.15) is 51.4 Å². The number of amides is 1. The second-order valence-electron chi connectivity index (χ2n) is 6.77. The van der Waals surface area contributed by atoms with Crippen LogP contribution in [0, 0.1) is 5.92 Å². The minimum absolute atomic E-state index is 0.285. The lowest BCUT2D eigenvalue weighted by Gasteiger charge is -2.18. The van der Waals surface area contributed by atoms with E-state index >= 15 is 0 Å². The summed E-state index contributed by atoms with van der Waals surface area (Å²) in [5.41, 5.74) is 1.78. The molecule has 1 unspecified atom stereocenters. The highest BCUT2D eigenvalue weighted by molar-refractivity contribution is 7.17. The minimum Gasteiger partial charge on any atom is -0.496 e. The first-order valence-electron chi connectivity index (χ1n) is 9.34. The first-order chi connectivity index (χ1) is 13.5. The maximum Gasteiger partial charge on any atom is 0.341 e. The Morgan fingerprint density at radius 3 is 2.46 bits per heavy atom. The molecule has 1 aromatic carbocycles. The molecule has 3 rings (SSSR count). The summed E-state index contributed by atoms with van der Waals surface area (Å²) in [6.45, 7) is 4.26. The third-order valence-corrected chi connectivity index (χ3v) is 6.04. The summed E-state index contributed by atoms with van der Waals surface area (Å²) in [5, 5.41) is 3.43. The number of rotatable bonds is 6. The maximum absolute atomic E-state index is 13.1. The first kappa shape index (κ1) is 20.2. The molecule has 150 valence electrons. The molecule has 28 heavy (non-hydrogen) atoms. The first-order valence-corrected chi connectivity index (χ1v) is 10.2. The Morgan fingerprint density at radius 2 is 1.86 bits per heavy atom. The van der Waals surface area contributed by atoms with Crippen molar-refractivity contribution < 1.29 is 23.8 Å². The van der Waals surface area contributed by atoms with Crippen LogP contribution in [0.5, 0.6) is 11.5 Å². The third kappa shape index (κ3) is 3.85. The Bertz CT molecular complexity index is 867. The van der Waals surface area contributed by atoms with Gasteiger partial charge in [-0.3, -0.25) is 4.79 Å². The van der Waals surface area contributed by atoms with Crippen LogP contribution in [0.25, 0.3) is 0 Å². The predicted octanol–water partition coefficient (Wildman–Crippen LogP) is 4.32. The molecule has 0 aliphatic heterocycles. The molecule has 1 aliphatic carbocycles. The molecule has 0 spiro atoms. The molecular formula is C21H25NO5S. The van der Waals surface area contributed by atoms with Crippen molar-refractivity contribution >= 4 is 28.2 Å². The standard InChI is InChI=1S/C21H25NO5S/c1-5-27-21(24)17-13-10-9-12(2)11-16(13)28-20(17)22-19(23)18-14(25-3)7-6-8-15(18)26-4/h6-8,12H,5,9-11H2,1-4H3,(H,22,23). The van der Waals surface area contributed by atoms with E-state index in [-0.39, 0.29) is 12.5 Å². The smallest absolute Gasteiger partial charge is 0.341 e. The van der Waals surface area contributed by atoms with Crippen molar-refractivity contribution in [1.82, 2.24) is 0 Å². The van der Waals surface area contributed by atoms with Gasteiger partial charge in [-0.05, 0) is 49.8 Å². The van der Waals surface area contributed by atoms with Gasteiger partial charge >= 0.3 is 5.97 Å². The van der Waals surface area contributed by atoms with E-state index in [4.69, 9.17) is 14.2 Å². The van der Waals surface area contributed by atoms with Gasteiger partial charge in [0.05, 0.1) is 26.4 Å². The SMILES string of the molecule is CCOC(=O)c1c(NC(=O)c2c(OC)cccc2OC)sc2c1CCC(C)C2. The highest BCUT2D eigenvalue weighted by Gasteiger charge is 2.30. The number of nitrogens with one attached hydrogen (secondary N) is 1. The lowest BCUT2D eigenvalue weighted by atomic mass is 9.88. The molecule has 1 aliphatic rings. The number of hydrogen-bond donors (Lipinski definition) is 1. The number of hydrogen-bond acceptors (Lipinski definition) is 6. The van der Waals surface area contributed by atoms with Crippen LogP contribution < -0.4 is 14.8 Å². The number of methoxy groups -OCH3 is 2. The van der Waals surface area contributed by atoms with Gasteiger partial charge in [0.25, 0.3) is 5.91 Å². The molecule has 0 fully saturated rings. The zero-order valence-electron chi connectivity index (χ0n) is 16.6. The Morgan fingerprint density at radius 1 is 1.18 bits per heavy atom. The number of fused-ring (bicyclic) bond motifs is 1. The Balaban J connectivity index is 2.01. The van der Waals surface area contributed by atoms with E-state index < -0.39 is 5.97 Å². The average Bonchev–Trinajstić information content (AvgIpc) is 3.03. The summed E-state index contributed by atoms with van der Waals surface area (Å²) in [6.07, 6.45) is 2.74. The van der Waals surface area contributed by atoms with E-state index in [9.17, 15) is 9.59 Å². The topological polar surface area (TPSA) is 73.9 Å². The number of anilines is 1. The van der Waals surface area contributed by atoms with E-state index in [0.29, 0.717) is 33.5 Å². The molecule has 6 nitrogen and oxygen atoms in total. The highest BCUT2D eigenvalue weighted by atomic mass is 32.1. The predicted molar refractivity (Wildman–Crippen MR) is 109 cm³/mol. The third-order valence-electron chi connectivity index (χ3n) is 4.87. The van der Waals surface area contributed by atoms with Crippen LogP contribution in [0.4, 0.5) is 5.00 Å². The monoisotopic (exact) mass is 403 g/mol. The van der Waals surface area contributed by atoms with E-state index in [1.165, 1.54) is 25.6 Å². The number of benzene rings is 1. The van der Waals surface area contributed by atoms with Crippen LogP contribution >= 0.6 is 11.3 Å². The molecule has 1 N–H and O–H groups in total.